The number of benzene rings is 2. The summed E-state index contributed by atoms with van der Waals surface area (Å²) in [6.07, 6.45) is 5.52. The third-order valence-electron chi connectivity index (χ3n) is 5.92. The fourth-order valence-corrected chi connectivity index (χ4v) is 4.65. The number of Topliss-reactive ketones (excluding diaryl/α,β-unsaturated/α-hetero) is 1. The standard InChI is InChI=1S/C25H26BrClN2O.CH4/c1-28-12-14-29(15-13-28)11-10-24(30)25-19(5-2-18-3-7-22(27)8-4-18)16-20-17-21(26)6-9-23(20)25;/h2-9,17H,10-16H2,1H3;1H4/b5-2+;. The fourth-order valence-electron chi connectivity index (χ4n) is 4.12. The molecule has 1 aliphatic carbocycles. The third-order valence-corrected chi connectivity index (χ3v) is 6.66. The van der Waals surface area contributed by atoms with E-state index < -0.39 is 0 Å². The molecule has 0 N–H and O–H groups in total. The van der Waals surface area contributed by atoms with Gasteiger partial charge in [0.25, 0.3) is 0 Å². The van der Waals surface area contributed by atoms with E-state index in [0.717, 1.165) is 70.9 Å². The highest BCUT2D eigenvalue weighted by Gasteiger charge is 2.26. The zero-order valence-electron chi connectivity index (χ0n) is 17.2. The van der Waals surface area contributed by atoms with Crippen LogP contribution >= 0.6 is 27.5 Å². The smallest absolute Gasteiger partial charge is 0.165 e. The van der Waals surface area contributed by atoms with Crippen molar-refractivity contribution in [2.75, 3.05) is 39.8 Å². The number of ketones is 1. The van der Waals surface area contributed by atoms with Gasteiger partial charge in [0, 0.05) is 54.2 Å². The van der Waals surface area contributed by atoms with Crippen LogP contribution in [0.1, 0.15) is 30.5 Å². The van der Waals surface area contributed by atoms with Crippen molar-refractivity contribution in [3.63, 3.8) is 0 Å². The molecule has 0 aromatic heterocycles. The summed E-state index contributed by atoms with van der Waals surface area (Å²) in [5, 5.41) is 0.726. The van der Waals surface area contributed by atoms with Gasteiger partial charge in [0.1, 0.15) is 0 Å². The average molecular weight is 502 g/mol. The molecular weight excluding hydrogens is 472 g/mol. The Morgan fingerprint density at radius 1 is 1.06 bits per heavy atom. The van der Waals surface area contributed by atoms with Crippen LogP contribution < -0.4 is 0 Å². The molecule has 5 heteroatoms. The molecule has 1 heterocycles. The number of piperazine rings is 1. The maximum Gasteiger partial charge on any atom is 0.165 e. The summed E-state index contributed by atoms with van der Waals surface area (Å²) in [4.78, 5) is 18.0. The third kappa shape index (κ3) is 5.95. The molecule has 0 bridgehead atoms. The molecule has 0 atom stereocenters. The van der Waals surface area contributed by atoms with Gasteiger partial charge in [-0.2, -0.15) is 0 Å². The molecule has 2 aromatic carbocycles. The van der Waals surface area contributed by atoms with E-state index in [-0.39, 0.29) is 13.2 Å². The van der Waals surface area contributed by atoms with Crippen LogP contribution in [0.25, 0.3) is 11.6 Å². The minimum Gasteiger partial charge on any atom is -0.304 e. The van der Waals surface area contributed by atoms with Crippen LogP contribution in [0.15, 0.2) is 58.6 Å². The molecular formula is C26H30BrClN2O. The predicted molar refractivity (Wildman–Crippen MR) is 136 cm³/mol. The van der Waals surface area contributed by atoms with Crippen LogP contribution in [0.2, 0.25) is 5.02 Å². The minimum atomic E-state index is 0. The Morgan fingerprint density at radius 3 is 2.48 bits per heavy atom. The highest BCUT2D eigenvalue weighted by Crippen LogP contribution is 2.36. The van der Waals surface area contributed by atoms with Crippen LogP contribution in [-0.2, 0) is 11.2 Å². The highest BCUT2D eigenvalue weighted by molar-refractivity contribution is 9.10. The summed E-state index contributed by atoms with van der Waals surface area (Å²) in [6.45, 7) is 5.05. The van der Waals surface area contributed by atoms with Crippen molar-refractivity contribution in [2.24, 2.45) is 0 Å². The van der Waals surface area contributed by atoms with Crippen LogP contribution in [0.3, 0.4) is 0 Å². The molecule has 1 saturated heterocycles. The zero-order chi connectivity index (χ0) is 21.1. The van der Waals surface area contributed by atoms with E-state index >= 15 is 0 Å². The molecule has 0 unspecified atom stereocenters. The topological polar surface area (TPSA) is 23.6 Å². The number of halogens is 2. The number of carbonyl (C=O) groups excluding carboxylic acids is 1. The van der Waals surface area contributed by atoms with E-state index in [1.54, 1.807) is 0 Å². The Balaban J connectivity index is 0.00000272. The van der Waals surface area contributed by atoms with Crippen LogP contribution in [0, 0.1) is 0 Å². The first-order valence-electron chi connectivity index (χ1n) is 10.4. The number of fused-ring (bicyclic) bond motifs is 1. The SMILES string of the molecule is C.CN1CCN(CCC(=O)C2=C(/C=C/c3ccc(Cl)cc3)Cc3cc(Br)ccc32)CC1. The lowest BCUT2D eigenvalue weighted by atomic mass is 9.98. The lowest BCUT2D eigenvalue weighted by Crippen LogP contribution is -2.45. The van der Waals surface area contributed by atoms with E-state index in [1.165, 1.54) is 5.56 Å². The molecule has 0 radical (unpaired) electrons. The van der Waals surface area contributed by atoms with Gasteiger partial charge in [0.05, 0.1) is 0 Å². The second kappa shape index (κ2) is 10.7. The number of likely N-dealkylation sites (N-methyl/N-ethyl adjacent to an activating group) is 1. The Kier molecular flexibility index (Phi) is 8.29. The summed E-state index contributed by atoms with van der Waals surface area (Å²) >= 11 is 9.56. The number of rotatable bonds is 6. The first-order chi connectivity index (χ1) is 14.5. The first kappa shape index (κ1) is 23.9. The second-order valence-corrected chi connectivity index (χ2v) is 9.43. The number of carbonyl (C=O) groups is 1. The summed E-state index contributed by atoms with van der Waals surface area (Å²) < 4.78 is 1.05. The lowest BCUT2D eigenvalue weighted by molar-refractivity contribution is -0.114. The lowest BCUT2D eigenvalue weighted by Gasteiger charge is -2.32. The van der Waals surface area contributed by atoms with Crippen molar-refractivity contribution in [1.82, 2.24) is 9.80 Å². The van der Waals surface area contributed by atoms with E-state index in [1.807, 2.05) is 30.3 Å². The fraction of sp³-hybridized carbons (Fsp3) is 0.346. The van der Waals surface area contributed by atoms with Crippen molar-refractivity contribution in [3.05, 3.63) is 80.3 Å². The second-order valence-electron chi connectivity index (χ2n) is 8.08. The van der Waals surface area contributed by atoms with E-state index in [4.69, 9.17) is 11.6 Å². The van der Waals surface area contributed by atoms with Crippen molar-refractivity contribution >= 4 is 45.0 Å². The summed E-state index contributed by atoms with van der Waals surface area (Å²) in [5.41, 5.74) is 5.35. The van der Waals surface area contributed by atoms with Gasteiger partial charge in [-0.1, -0.05) is 65.3 Å². The zero-order valence-corrected chi connectivity index (χ0v) is 19.5. The molecule has 3 nitrogen and oxygen atoms in total. The van der Waals surface area contributed by atoms with E-state index in [9.17, 15) is 4.79 Å². The number of allylic oxidation sites excluding steroid dienone is 3. The van der Waals surface area contributed by atoms with Gasteiger partial charge < -0.3 is 9.80 Å². The molecule has 2 aliphatic rings. The van der Waals surface area contributed by atoms with Gasteiger partial charge in [-0.25, -0.2) is 0 Å². The molecule has 0 spiro atoms. The summed E-state index contributed by atoms with van der Waals surface area (Å²) in [7, 11) is 2.15. The Hall–Kier alpha value is -1.72. The maximum absolute atomic E-state index is 13.3. The molecule has 4 rings (SSSR count). The van der Waals surface area contributed by atoms with Crippen LogP contribution in [-0.4, -0.2) is 55.4 Å². The van der Waals surface area contributed by atoms with Crippen molar-refractivity contribution in [2.45, 2.75) is 20.3 Å². The molecule has 31 heavy (non-hydrogen) atoms. The Bertz CT molecular complexity index is 989. The first-order valence-corrected chi connectivity index (χ1v) is 11.6. The molecule has 164 valence electrons. The minimum absolute atomic E-state index is 0. The molecule has 0 saturated carbocycles. The van der Waals surface area contributed by atoms with Gasteiger partial charge in [-0.05, 0) is 60.0 Å². The molecule has 2 aromatic rings. The van der Waals surface area contributed by atoms with Crippen LogP contribution in [0.4, 0.5) is 0 Å². The number of hydrogen-bond donors (Lipinski definition) is 0. The molecule has 1 aliphatic heterocycles. The maximum atomic E-state index is 13.3. The Labute approximate surface area is 199 Å². The van der Waals surface area contributed by atoms with Crippen molar-refractivity contribution in [3.8, 4) is 0 Å². The van der Waals surface area contributed by atoms with Gasteiger partial charge in [0.15, 0.2) is 5.78 Å². The predicted octanol–water partition coefficient (Wildman–Crippen LogP) is 5.97. The van der Waals surface area contributed by atoms with Gasteiger partial charge in [-0.15, -0.1) is 0 Å². The van der Waals surface area contributed by atoms with Gasteiger partial charge in [-0.3, -0.25) is 4.79 Å². The van der Waals surface area contributed by atoms with Crippen LogP contribution in [0.5, 0.6) is 0 Å². The average Bonchev–Trinajstić information content (AvgIpc) is 3.10. The normalized spacial score (nSPS) is 17.1. The largest absolute Gasteiger partial charge is 0.304 e. The Morgan fingerprint density at radius 2 is 1.77 bits per heavy atom. The molecule has 1 fully saturated rings. The highest BCUT2D eigenvalue weighted by atomic mass is 79.9. The summed E-state index contributed by atoms with van der Waals surface area (Å²) in [5.74, 6) is 0.241. The van der Waals surface area contributed by atoms with E-state index in [2.05, 4.69) is 57.1 Å². The quantitative estimate of drug-likeness (QED) is 0.487. The monoisotopic (exact) mass is 500 g/mol. The van der Waals surface area contributed by atoms with Gasteiger partial charge in [0.2, 0.25) is 0 Å². The van der Waals surface area contributed by atoms with Crippen molar-refractivity contribution < 1.29 is 4.79 Å². The molecule has 0 amide bonds. The van der Waals surface area contributed by atoms with Gasteiger partial charge >= 0.3 is 0 Å². The summed E-state index contributed by atoms with van der Waals surface area (Å²) in [6, 6.07) is 14.0. The van der Waals surface area contributed by atoms with Crippen molar-refractivity contribution in [1.29, 1.82) is 0 Å². The number of nitrogens with zero attached hydrogens (tertiary/aromatic N) is 2. The number of hydrogen-bond acceptors (Lipinski definition) is 3. The van der Waals surface area contributed by atoms with E-state index in [0.29, 0.717) is 6.42 Å².